The molecule has 2 N–H and O–H groups in total. The normalized spacial score (nSPS) is 13.7. The first-order chi connectivity index (χ1) is 9.31. The van der Waals surface area contributed by atoms with Crippen LogP contribution in [0.25, 0.3) is 0 Å². The van der Waals surface area contributed by atoms with Crippen molar-refractivity contribution >= 4 is 5.91 Å². The van der Waals surface area contributed by atoms with Gasteiger partial charge in [-0.3, -0.25) is 9.78 Å². The van der Waals surface area contributed by atoms with E-state index in [0.717, 1.165) is 36.3 Å². The van der Waals surface area contributed by atoms with E-state index < -0.39 is 0 Å². The summed E-state index contributed by atoms with van der Waals surface area (Å²) < 4.78 is 5.58. The van der Waals surface area contributed by atoms with Gasteiger partial charge in [0.1, 0.15) is 5.75 Å². The van der Waals surface area contributed by atoms with Crippen LogP contribution in [-0.2, 0) is 17.6 Å². The minimum absolute atomic E-state index is 0.0158. The summed E-state index contributed by atoms with van der Waals surface area (Å²) in [5.74, 6) is 0.622. The van der Waals surface area contributed by atoms with E-state index >= 15 is 0 Å². The monoisotopic (exact) mass is 264 g/mol. The lowest BCUT2D eigenvalue weighted by Crippen LogP contribution is -2.30. The number of fused-ring (bicyclic) bond motifs is 1. The Labute approximate surface area is 113 Å². The van der Waals surface area contributed by atoms with Gasteiger partial charge in [-0.05, 0) is 38.2 Å². The standard InChI is InChI=1S/C14H20N2O3/c17-9-3-7-16-14(18)10-19-13-6-8-15-12-5-2-1-4-11(12)13/h6,8,17H,1-5,7,9-10H2,(H,16,18). The fourth-order valence-electron chi connectivity index (χ4n) is 2.23. The van der Waals surface area contributed by atoms with Crippen molar-refractivity contribution in [3.8, 4) is 5.75 Å². The number of nitrogens with zero attached hydrogens (tertiary/aromatic N) is 1. The molecule has 0 bridgehead atoms. The number of aliphatic hydroxyl groups is 1. The summed E-state index contributed by atoms with van der Waals surface area (Å²) in [5, 5.41) is 11.3. The van der Waals surface area contributed by atoms with Crippen LogP contribution in [0.2, 0.25) is 0 Å². The van der Waals surface area contributed by atoms with Gasteiger partial charge in [0.05, 0.1) is 0 Å². The number of pyridine rings is 1. The van der Waals surface area contributed by atoms with Gasteiger partial charge in [-0.1, -0.05) is 0 Å². The topological polar surface area (TPSA) is 71.5 Å². The Morgan fingerprint density at radius 2 is 2.26 bits per heavy atom. The van der Waals surface area contributed by atoms with Gasteiger partial charge in [0, 0.05) is 30.6 Å². The van der Waals surface area contributed by atoms with Crippen LogP contribution in [0.15, 0.2) is 12.3 Å². The highest BCUT2D eigenvalue weighted by Gasteiger charge is 2.15. The Hall–Kier alpha value is -1.62. The van der Waals surface area contributed by atoms with E-state index in [9.17, 15) is 4.79 Å². The number of aryl methyl sites for hydroxylation is 1. The number of amides is 1. The number of carbonyl (C=O) groups is 1. The molecular weight excluding hydrogens is 244 g/mol. The van der Waals surface area contributed by atoms with Crippen molar-refractivity contribution in [2.45, 2.75) is 32.1 Å². The second kappa shape index (κ2) is 7.09. The summed E-state index contributed by atoms with van der Waals surface area (Å²) in [5.41, 5.74) is 2.25. The number of ether oxygens (including phenoxy) is 1. The molecule has 1 aliphatic carbocycles. The molecule has 5 heteroatoms. The van der Waals surface area contributed by atoms with Gasteiger partial charge < -0.3 is 15.2 Å². The Morgan fingerprint density at radius 1 is 1.42 bits per heavy atom. The van der Waals surface area contributed by atoms with E-state index in [1.165, 1.54) is 6.42 Å². The Balaban J connectivity index is 1.87. The third kappa shape index (κ3) is 3.92. The number of hydrogen-bond acceptors (Lipinski definition) is 4. The molecule has 0 aromatic carbocycles. The van der Waals surface area contributed by atoms with Crippen molar-refractivity contribution in [2.24, 2.45) is 0 Å². The average Bonchev–Trinajstić information content (AvgIpc) is 2.45. The fraction of sp³-hybridized carbons (Fsp3) is 0.571. The molecule has 0 saturated heterocycles. The second-order valence-corrected chi connectivity index (χ2v) is 4.66. The molecule has 0 aliphatic heterocycles. The van der Waals surface area contributed by atoms with Crippen LogP contribution in [0, 0.1) is 0 Å². The average molecular weight is 264 g/mol. The van der Waals surface area contributed by atoms with E-state index in [4.69, 9.17) is 9.84 Å². The van der Waals surface area contributed by atoms with Crippen molar-refractivity contribution < 1.29 is 14.6 Å². The molecule has 19 heavy (non-hydrogen) atoms. The third-order valence-corrected chi connectivity index (χ3v) is 3.21. The number of aliphatic hydroxyl groups excluding tert-OH is 1. The van der Waals surface area contributed by atoms with Gasteiger partial charge in [-0.15, -0.1) is 0 Å². The summed E-state index contributed by atoms with van der Waals surface area (Å²) in [4.78, 5) is 15.9. The number of aromatic nitrogens is 1. The second-order valence-electron chi connectivity index (χ2n) is 4.66. The lowest BCUT2D eigenvalue weighted by Gasteiger charge is -2.18. The lowest BCUT2D eigenvalue weighted by atomic mass is 9.95. The zero-order valence-corrected chi connectivity index (χ0v) is 11.0. The molecule has 2 rings (SSSR count). The zero-order chi connectivity index (χ0) is 13.5. The molecule has 5 nitrogen and oxygen atoms in total. The van der Waals surface area contributed by atoms with Crippen molar-refractivity contribution in [2.75, 3.05) is 19.8 Å². The van der Waals surface area contributed by atoms with Crippen LogP contribution >= 0.6 is 0 Å². The molecule has 1 aromatic rings. The van der Waals surface area contributed by atoms with E-state index in [1.54, 1.807) is 6.20 Å². The molecule has 0 saturated carbocycles. The molecule has 1 aliphatic rings. The highest BCUT2D eigenvalue weighted by molar-refractivity contribution is 5.77. The first-order valence-electron chi connectivity index (χ1n) is 6.78. The Morgan fingerprint density at radius 3 is 3.11 bits per heavy atom. The molecule has 0 atom stereocenters. The van der Waals surface area contributed by atoms with Crippen molar-refractivity contribution in [3.63, 3.8) is 0 Å². The van der Waals surface area contributed by atoms with Crippen molar-refractivity contribution in [1.82, 2.24) is 10.3 Å². The minimum atomic E-state index is -0.158. The molecule has 0 spiro atoms. The van der Waals surface area contributed by atoms with Gasteiger partial charge in [-0.25, -0.2) is 0 Å². The van der Waals surface area contributed by atoms with Crippen LogP contribution in [0.1, 0.15) is 30.5 Å². The van der Waals surface area contributed by atoms with Crippen LogP contribution < -0.4 is 10.1 Å². The van der Waals surface area contributed by atoms with Crippen LogP contribution in [0.5, 0.6) is 5.75 Å². The zero-order valence-electron chi connectivity index (χ0n) is 11.0. The maximum absolute atomic E-state index is 11.5. The van der Waals surface area contributed by atoms with E-state index in [2.05, 4.69) is 10.3 Å². The van der Waals surface area contributed by atoms with E-state index in [0.29, 0.717) is 13.0 Å². The van der Waals surface area contributed by atoms with Crippen LogP contribution in [0.3, 0.4) is 0 Å². The predicted molar refractivity (Wildman–Crippen MR) is 71.1 cm³/mol. The predicted octanol–water partition coefficient (Wildman–Crippen LogP) is 0.838. The van der Waals surface area contributed by atoms with Gasteiger partial charge in [0.2, 0.25) is 0 Å². The first-order valence-corrected chi connectivity index (χ1v) is 6.78. The summed E-state index contributed by atoms with van der Waals surface area (Å²) in [6.07, 6.45) is 6.60. The first kappa shape index (κ1) is 13.8. The minimum Gasteiger partial charge on any atom is -0.483 e. The van der Waals surface area contributed by atoms with Gasteiger partial charge >= 0.3 is 0 Å². The highest BCUT2D eigenvalue weighted by Crippen LogP contribution is 2.27. The fourth-order valence-corrected chi connectivity index (χ4v) is 2.23. The quantitative estimate of drug-likeness (QED) is 0.747. The summed E-state index contributed by atoms with van der Waals surface area (Å²) in [7, 11) is 0. The lowest BCUT2D eigenvalue weighted by molar-refractivity contribution is -0.123. The largest absolute Gasteiger partial charge is 0.483 e. The number of hydrogen-bond donors (Lipinski definition) is 2. The Kier molecular flexibility index (Phi) is 5.15. The summed E-state index contributed by atoms with van der Waals surface area (Å²) in [6, 6.07) is 1.82. The maximum atomic E-state index is 11.5. The molecule has 1 aromatic heterocycles. The molecule has 104 valence electrons. The van der Waals surface area contributed by atoms with Crippen LogP contribution in [-0.4, -0.2) is 35.8 Å². The van der Waals surface area contributed by atoms with E-state index in [1.807, 2.05) is 6.07 Å². The summed E-state index contributed by atoms with van der Waals surface area (Å²) >= 11 is 0. The smallest absolute Gasteiger partial charge is 0.257 e. The van der Waals surface area contributed by atoms with E-state index in [-0.39, 0.29) is 19.1 Å². The summed E-state index contributed by atoms with van der Waals surface area (Å²) in [6.45, 7) is 0.577. The van der Waals surface area contributed by atoms with Crippen LogP contribution in [0.4, 0.5) is 0 Å². The third-order valence-electron chi connectivity index (χ3n) is 3.21. The van der Waals surface area contributed by atoms with Gasteiger partial charge in [-0.2, -0.15) is 0 Å². The molecule has 1 heterocycles. The van der Waals surface area contributed by atoms with Gasteiger partial charge in [0.15, 0.2) is 6.61 Å². The molecule has 0 radical (unpaired) electrons. The number of rotatable bonds is 6. The Bertz CT molecular complexity index is 435. The maximum Gasteiger partial charge on any atom is 0.257 e. The molecule has 0 unspecified atom stereocenters. The van der Waals surface area contributed by atoms with Crippen molar-refractivity contribution in [1.29, 1.82) is 0 Å². The van der Waals surface area contributed by atoms with Crippen molar-refractivity contribution in [3.05, 3.63) is 23.5 Å². The SMILES string of the molecule is O=C(COc1ccnc2c1CCCC2)NCCCO. The van der Waals surface area contributed by atoms with Gasteiger partial charge in [0.25, 0.3) is 5.91 Å². The molecule has 1 amide bonds. The number of carbonyl (C=O) groups excluding carboxylic acids is 1. The molecule has 0 fully saturated rings. The highest BCUT2D eigenvalue weighted by atomic mass is 16.5. The number of nitrogens with one attached hydrogen (secondary N) is 1. The molecular formula is C14H20N2O3.